The fraction of sp³-hybridized carbons (Fsp3) is 0.636. The summed E-state index contributed by atoms with van der Waals surface area (Å²) in [5.74, 6) is 0.697. The van der Waals surface area contributed by atoms with E-state index in [0.29, 0.717) is 5.92 Å². The molecule has 6 heteroatoms. The van der Waals surface area contributed by atoms with Crippen molar-refractivity contribution in [3.8, 4) is 6.07 Å². The Morgan fingerprint density at radius 3 is 2.71 bits per heavy atom. The molecule has 0 saturated heterocycles. The van der Waals surface area contributed by atoms with Crippen molar-refractivity contribution in [3.63, 3.8) is 0 Å². The molecule has 0 N–H and O–H groups in total. The Labute approximate surface area is 99.0 Å². The summed E-state index contributed by atoms with van der Waals surface area (Å²) in [6, 6.07) is 2.03. The van der Waals surface area contributed by atoms with Gasteiger partial charge in [-0.3, -0.25) is 10.1 Å². The molecule has 90 valence electrons. The molecule has 1 fully saturated rings. The van der Waals surface area contributed by atoms with E-state index >= 15 is 0 Å². The fourth-order valence-corrected chi connectivity index (χ4v) is 2.36. The van der Waals surface area contributed by atoms with Crippen molar-refractivity contribution in [3.05, 3.63) is 22.0 Å². The second kappa shape index (κ2) is 4.53. The van der Waals surface area contributed by atoms with Crippen LogP contribution in [-0.4, -0.2) is 14.7 Å². The van der Waals surface area contributed by atoms with E-state index < -0.39 is 4.92 Å². The monoisotopic (exact) mass is 234 g/mol. The first-order valence-electron chi connectivity index (χ1n) is 5.75. The first-order chi connectivity index (χ1) is 8.13. The van der Waals surface area contributed by atoms with E-state index in [1.807, 2.05) is 6.07 Å². The predicted octanol–water partition coefficient (Wildman–Crippen LogP) is 2.41. The Morgan fingerprint density at radius 2 is 2.18 bits per heavy atom. The van der Waals surface area contributed by atoms with Crippen LogP contribution in [-0.2, 0) is 0 Å². The first kappa shape index (κ1) is 11.6. The first-order valence-corrected chi connectivity index (χ1v) is 5.75. The maximum absolute atomic E-state index is 10.7. The molecule has 0 atom stereocenters. The number of hydrogen-bond acceptors (Lipinski definition) is 4. The maximum Gasteiger partial charge on any atom is 0.325 e. The molecule has 0 unspecified atom stereocenters. The largest absolute Gasteiger partial charge is 0.325 e. The molecule has 6 nitrogen and oxygen atoms in total. The molecule has 2 rings (SSSR count). The molecule has 0 aromatic carbocycles. The number of hydrogen-bond donors (Lipinski definition) is 0. The molecule has 1 aromatic heterocycles. The fourth-order valence-electron chi connectivity index (χ4n) is 2.36. The molecule has 0 bridgehead atoms. The van der Waals surface area contributed by atoms with Gasteiger partial charge in [0.2, 0.25) is 5.69 Å². The quantitative estimate of drug-likeness (QED) is 0.581. The van der Waals surface area contributed by atoms with Crippen LogP contribution in [0.2, 0.25) is 0 Å². The molecule has 1 aromatic rings. The third-order valence-electron chi connectivity index (χ3n) is 3.41. The molecule has 1 aliphatic rings. The highest BCUT2D eigenvalue weighted by Gasteiger charge is 2.27. The topological polar surface area (TPSA) is 84.8 Å². The van der Waals surface area contributed by atoms with E-state index in [2.05, 4.69) is 12.0 Å². The van der Waals surface area contributed by atoms with Gasteiger partial charge in [-0.15, -0.1) is 0 Å². The minimum atomic E-state index is -0.548. The van der Waals surface area contributed by atoms with Gasteiger partial charge in [0.25, 0.3) is 0 Å². The molecule has 0 amide bonds. The molecule has 1 heterocycles. The molecule has 1 saturated carbocycles. The van der Waals surface area contributed by atoms with Crippen LogP contribution < -0.4 is 0 Å². The average molecular weight is 234 g/mol. The Balaban J connectivity index is 2.27. The lowest BCUT2D eigenvalue weighted by molar-refractivity contribution is -0.385. The van der Waals surface area contributed by atoms with Crippen LogP contribution in [0.5, 0.6) is 0 Å². The Hall–Kier alpha value is -1.90. The molecule has 0 spiro atoms. The maximum atomic E-state index is 10.7. The number of rotatable bonds is 2. The van der Waals surface area contributed by atoms with Gasteiger partial charge >= 0.3 is 5.69 Å². The van der Waals surface area contributed by atoms with Gasteiger partial charge in [-0.1, -0.05) is 6.92 Å². The number of nitro groups is 1. The summed E-state index contributed by atoms with van der Waals surface area (Å²) in [5.41, 5.74) is -0.110. The number of nitrogens with zero attached hydrogens (tertiary/aromatic N) is 4. The summed E-state index contributed by atoms with van der Waals surface area (Å²) >= 11 is 0. The lowest BCUT2D eigenvalue weighted by atomic mass is 9.87. The molecular weight excluding hydrogens is 220 g/mol. The average Bonchev–Trinajstić information content (AvgIpc) is 2.73. The third-order valence-corrected chi connectivity index (χ3v) is 3.41. The van der Waals surface area contributed by atoms with Crippen molar-refractivity contribution in [1.29, 1.82) is 5.26 Å². The van der Waals surface area contributed by atoms with E-state index in [1.165, 1.54) is 10.9 Å². The standard InChI is InChI=1S/C11H14N4O2/c1-8-2-4-9(5-3-8)14-10(6-12)11(7-13-14)15(16)17/h7-9H,2-5H2,1H3. The van der Waals surface area contributed by atoms with Gasteiger partial charge in [0.1, 0.15) is 12.3 Å². The highest BCUT2D eigenvalue weighted by Crippen LogP contribution is 2.33. The Morgan fingerprint density at radius 1 is 1.53 bits per heavy atom. The summed E-state index contributed by atoms with van der Waals surface area (Å²) in [4.78, 5) is 10.2. The van der Waals surface area contributed by atoms with Crippen molar-refractivity contribution in [2.24, 2.45) is 5.92 Å². The van der Waals surface area contributed by atoms with Crippen LogP contribution in [0, 0.1) is 27.4 Å². The number of aromatic nitrogens is 2. The highest BCUT2D eigenvalue weighted by atomic mass is 16.6. The lowest BCUT2D eigenvalue weighted by Gasteiger charge is -2.26. The summed E-state index contributed by atoms with van der Waals surface area (Å²) in [6.45, 7) is 2.20. The zero-order valence-electron chi connectivity index (χ0n) is 9.67. The second-order valence-corrected chi connectivity index (χ2v) is 4.61. The molecule has 0 radical (unpaired) electrons. The van der Waals surface area contributed by atoms with Gasteiger partial charge < -0.3 is 0 Å². The van der Waals surface area contributed by atoms with Gasteiger partial charge in [0, 0.05) is 0 Å². The minimum absolute atomic E-state index is 0.0783. The second-order valence-electron chi connectivity index (χ2n) is 4.61. The number of nitriles is 1. The van der Waals surface area contributed by atoms with E-state index in [1.54, 1.807) is 0 Å². The highest BCUT2D eigenvalue weighted by molar-refractivity contribution is 5.42. The van der Waals surface area contributed by atoms with Crippen molar-refractivity contribution in [2.45, 2.75) is 38.6 Å². The van der Waals surface area contributed by atoms with Crippen molar-refractivity contribution in [2.75, 3.05) is 0 Å². The van der Waals surface area contributed by atoms with E-state index in [4.69, 9.17) is 5.26 Å². The third kappa shape index (κ3) is 2.13. The summed E-state index contributed by atoms with van der Waals surface area (Å²) < 4.78 is 1.53. The van der Waals surface area contributed by atoms with Crippen LogP contribution in [0.1, 0.15) is 44.3 Å². The molecule has 1 aliphatic carbocycles. The Kier molecular flexibility index (Phi) is 3.09. The summed E-state index contributed by atoms with van der Waals surface area (Å²) in [5, 5.41) is 23.7. The predicted molar refractivity (Wildman–Crippen MR) is 60.3 cm³/mol. The lowest BCUT2D eigenvalue weighted by Crippen LogP contribution is -2.19. The molecule has 17 heavy (non-hydrogen) atoms. The van der Waals surface area contributed by atoms with E-state index in [-0.39, 0.29) is 17.4 Å². The van der Waals surface area contributed by atoms with Gasteiger partial charge in [-0.05, 0) is 31.6 Å². The van der Waals surface area contributed by atoms with Crippen LogP contribution in [0.15, 0.2) is 6.20 Å². The van der Waals surface area contributed by atoms with Gasteiger partial charge in [-0.25, -0.2) is 4.68 Å². The van der Waals surface area contributed by atoms with Crippen LogP contribution in [0.4, 0.5) is 5.69 Å². The van der Waals surface area contributed by atoms with E-state index in [9.17, 15) is 10.1 Å². The van der Waals surface area contributed by atoms with Crippen molar-refractivity contribution in [1.82, 2.24) is 9.78 Å². The van der Waals surface area contributed by atoms with Crippen LogP contribution >= 0.6 is 0 Å². The minimum Gasteiger partial charge on any atom is -0.258 e. The molecule has 0 aliphatic heterocycles. The van der Waals surface area contributed by atoms with Gasteiger partial charge in [0.15, 0.2) is 0 Å². The van der Waals surface area contributed by atoms with Gasteiger partial charge in [0.05, 0.1) is 11.0 Å². The summed E-state index contributed by atoms with van der Waals surface area (Å²) in [6.07, 6.45) is 5.23. The van der Waals surface area contributed by atoms with Crippen molar-refractivity contribution >= 4 is 5.69 Å². The molecular formula is C11H14N4O2. The van der Waals surface area contributed by atoms with E-state index in [0.717, 1.165) is 25.7 Å². The smallest absolute Gasteiger partial charge is 0.258 e. The van der Waals surface area contributed by atoms with Crippen LogP contribution in [0.25, 0.3) is 0 Å². The Bertz CT molecular complexity index is 466. The summed E-state index contributed by atoms with van der Waals surface area (Å²) in [7, 11) is 0. The van der Waals surface area contributed by atoms with Crippen molar-refractivity contribution < 1.29 is 4.92 Å². The normalized spacial score (nSPS) is 24.2. The zero-order chi connectivity index (χ0) is 12.4. The zero-order valence-corrected chi connectivity index (χ0v) is 9.67. The van der Waals surface area contributed by atoms with Crippen LogP contribution in [0.3, 0.4) is 0 Å². The van der Waals surface area contributed by atoms with Gasteiger partial charge in [-0.2, -0.15) is 10.4 Å². The SMILES string of the molecule is CC1CCC(n2ncc([N+](=O)[O-])c2C#N)CC1.